The molecule has 1 aromatic carbocycles. The zero-order valence-corrected chi connectivity index (χ0v) is 12.9. The zero-order chi connectivity index (χ0) is 14.8. The molecular formula is C14H21NO4S. The zero-order valence-electron chi connectivity index (χ0n) is 12.1. The van der Waals surface area contributed by atoms with E-state index in [1.165, 1.54) is 14.2 Å². The summed E-state index contributed by atoms with van der Waals surface area (Å²) in [5, 5.41) is 2.82. The number of benzene rings is 1. The summed E-state index contributed by atoms with van der Waals surface area (Å²) in [6.45, 7) is 3.33. The fraction of sp³-hybridized carbons (Fsp3) is 0.571. The number of aryl methyl sites for hydroxylation is 1. The second kappa shape index (κ2) is 6.01. The Morgan fingerprint density at radius 1 is 1.10 bits per heavy atom. The van der Waals surface area contributed by atoms with Crippen LogP contribution in [0.2, 0.25) is 0 Å². The molecule has 0 aliphatic carbocycles. The topological polar surface area (TPSA) is 64.6 Å². The first kappa shape index (κ1) is 15.1. The number of hydrogen-bond donors (Lipinski definition) is 1. The Hall–Kier alpha value is -1.27. The standard InChI is InChI=1S/C14H21NO4S/c1-10-4-5-12(14(19-3)13(10)18-2)20(16,17)11-6-8-15-9-7-11/h4-5,11,15H,6-9H2,1-3H3. The SMILES string of the molecule is COc1c(C)ccc(S(=O)(=O)C2CCNCC2)c1OC. The molecule has 0 radical (unpaired) electrons. The first-order chi connectivity index (χ1) is 9.52. The van der Waals surface area contributed by atoms with Crippen LogP contribution in [0.3, 0.4) is 0 Å². The summed E-state index contributed by atoms with van der Waals surface area (Å²) in [4.78, 5) is 0.231. The van der Waals surface area contributed by atoms with Crippen molar-refractivity contribution in [1.82, 2.24) is 5.32 Å². The summed E-state index contributed by atoms with van der Waals surface area (Å²) in [7, 11) is -0.409. The molecule has 0 bridgehead atoms. The lowest BCUT2D eigenvalue weighted by Gasteiger charge is -2.24. The lowest BCUT2D eigenvalue weighted by Crippen LogP contribution is -2.35. The van der Waals surface area contributed by atoms with E-state index >= 15 is 0 Å². The van der Waals surface area contributed by atoms with Crippen molar-refractivity contribution < 1.29 is 17.9 Å². The minimum atomic E-state index is -3.40. The quantitative estimate of drug-likeness (QED) is 0.913. The summed E-state index contributed by atoms with van der Waals surface area (Å²) in [5.74, 6) is 0.800. The fourth-order valence-electron chi connectivity index (χ4n) is 2.60. The molecule has 1 saturated heterocycles. The molecule has 0 atom stereocenters. The van der Waals surface area contributed by atoms with Crippen molar-refractivity contribution in [2.24, 2.45) is 0 Å². The van der Waals surface area contributed by atoms with E-state index in [4.69, 9.17) is 9.47 Å². The lowest BCUT2D eigenvalue weighted by atomic mass is 10.2. The fourth-order valence-corrected chi connectivity index (χ4v) is 4.51. The second-order valence-electron chi connectivity index (χ2n) is 4.94. The van der Waals surface area contributed by atoms with Gasteiger partial charge in [0.1, 0.15) is 4.90 Å². The van der Waals surface area contributed by atoms with E-state index in [0.717, 1.165) is 18.7 Å². The maximum absolute atomic E-state index is 12.8. The van der Waals surface area contributed by atoms with Crippen molar-refractivity contribution in [3.8, 4) is 11.5 Å². The average Bonchev–Trinajstić information content (AvgIpc) is 2.47. The Bertz CT molecular complexity index is 577. The molecule has 0 aromatic heterocycles. The third-order valence-electron chi connectivity index (χ3n) is 3.71. The number of hydrogen-bond acceptors (Lipinski definition) is 5. The predicted molar refractivity (Wildman–Crippen MR) is 77.4 cm³/mol. The Kier molecular flexibility index (Phi) is 4.55. The molecule has 5 nitrogen and oxygen atoms in total. The Morgan fingerprint density at radius 2 is 1.70 bits per heavy atom. The van der Waals surface area contributed by atoms with E-state index in [1.54, 1.807) is 12.1 Å². The third-order valence-corrected chi connectivity index (χ3v) is 6.00. The molecule has 0 saturated carbocycles. The van der Waals surface area contributed by atoms with Crippen molar-refractivity contribution in [3.63, 3.8) is 0 Å². The highest BCUT2D eigenvalue weighted by molar-refractivity contribution is 7.92. The van der Waals surface area contributed by atoms with E-state index in [1.807, 2.05) is 6.92 Å². The van der Waals surface area contributed by atoms with Gasteiger partial charge in [0, 0.05) is 0 Å². The molecule has 0 amide bonds. The molecule has 1 fully saturated rings. The summed E-state index contributed by atoms with van der Waals surface area (Å²) < 4.78 is 36.2. The van der Waals surface area contributed by atoms with Crippen molar-refractivity contribution in [3.05, 3.63) is 17.7 Å². The first-order valence-electron chi connectivity index (χ1n) is 6.68. The number of methoxy groups -OCH3 is 2. The molecular weight excluding hydrogens is 278 g/mol. The smallest absolute Gasteiger partial charge is 0.185 e. The van der Waals surface area contributed by atoms with E-state index in [2.05, 4.69) is 5.32 Å². The predicted octanol–water partition coefficient (Wildman–Crippen LogP) is 1.54. The van der Waals surface area contributed by atoms with Crippen LogP contribution in [0.15, 0.2) is 17.0 Å². The van der Waals surface area contributed by atoms with Gasteiger partial charge in [-0.25, -0.2) is 8.42 Å². The Labute approximate surface area is 120 Å². The lowest BCUT2D eigenvalue weighted by molar-refractivity contribution is 0.344. The second-order valence-corrected chi connectivity index (χ2v) is 7.14. The summed E-state index contributed by atoms with van der Waals surface area (Å²) >= 11 is 0. The molecule has 6 heteroatoms. The molecule has 1 aromatic rings. The minimum Gasteiger partial charge on any atom is -0.493 e. The van der Waals surface area contributed by atoms with Gasteiger partial charge in [0.25, 0.3) is 0 Å². The number of rotatable bonds is 4. The number of piperidine rings is 1. The minimum absolute atomic E-state index is 0.231. The molecule has 112 valence electrons. The summed E-state index contributed by atoms with van der Waals surface area (Å²) in [6, 6.07) is 3.38. The van der Waals surface area contributed by atoms with Gasteiger partial charge in [0.05, 0.1) is 19.5 Å². The van der Waals surface area contributed by atoms with Crippen LogP contribution in [0.5, 0.6) is 11.5 Å². The third kappa shape index (κ3) is 2.62. The van der Waals surface area contributed by atoms with E-state index in [0.29, 0.717) is 24.3 Å². The monoisotopic (exact) mass is 299 g/mol. The van der Waals surface area contributed by atoms with Crippen molar-refractivity contribution >= 4 is 9.84 Å². The van der Waals surface area contributed by atoms with E-state index in [9.17, 15) is 8.42 Å². The van der Waals surface area contributed by atoms with Crippen molar-refractivity contribution in [1.29, 1.82) is 0 Å². The normalized spacial score (nSPS) is 16.9. The highest BCUT2D eigenvalue weighted by Crippen LogP contribution is 2.39. The van der Waals surface area contributed by atoms with Crippen molar-refractivity contribution in [2.75, 3.05) is 27.3 Å². The van der Waals surface area contributed by atoms with Crippen molar-refractivity contribution in [2.45, 2.75) is 29.9 Å². The Balaban J connectivity index is 2.51. The van der Waals surface area contributed by atoms with Gasteiger partial charge in [-0.05, 0) is 44.5 Å². The molecule has 1 N–H and O–H groups in total. The van der Waals surface area contributed by atoms with Crippen LogP contribution in [0.25, 0.3) is 0 Å². The maximum Gasteiger partial charge on any atom is 0.185 e. The van der Waals surface area contributed by atoms with Crippen LogP contribution >= 0.6 is 0 Å². The maximum atomic E-state index is 12.8. The first-order valence-corrected chi connectivity index (χ1v) is 8.23. The van der Waals surface area contributed by atoms with Crippen LogP contribution in [-0.2, 0) is 9.84 Å². The molecule has 1 aliphatic heterocycles. The molecule has 2 rings (SSSR count). The van der Waals surface area contributed by atoms with Gasteiger partial charge in [-0.2, -0.15) is 0 Å². The number of ether oxygens (including phenoxy) is 2. The van der Waals surface area contributed by atoms with E-state index < -0.39 is 9.84 Å². The van der Waals surface area contributed by atoms with Crippen LogP contribution < -0.4 is 14.8 Å². The van der Waals surface area contributed by atoms with Crippen LogP contribution in [0.1, 0.15) is 18.4 Å². The Morgan fingerprint density at radius 3 is 2.25 bits per heavy atom. The summed E-state index contributed by atoms with van der Waals surface area (Å²) in [6.07, 6.45) is 1.25. The van der Waals surface area contributed by atoms with Gasteiger partial charge in [-0.15, -0.1) is 0 Å². The van der Waals surface area contributed by atoms with Gasteiger partial charge in [-0.1, -0.05) is 6.07 Å². The summed E-state index contributed by atoms with van der Waals surface area (Å²) in [5.41, 5.74) is 0.855. The molecule has 1 heterocycles. The largest absolute Gasteiger partial charge is 0.493 e. The number of sulfone groups is 1. The number of nitrogens with one attached hydrogen (secondary N) is 1. The van der Waals surface area contributed by atoms with Gasteiger partial charge >= 0.3 is 0 Å². The van der Waals surface area contributed by atoms with Gasteiger partial charge in [-0.3, -0.25) is 0 Å². The molecule has 20 heavy (non-hydrogen) atoms. The van der Waals surface area contributed by atoms with Crippen LogP contribution in [-0.4, -0.2) is 41.0 Å². The van der Waals surface area contributed by atoms with Gasteiger partial charge in [0.15, 0.2) is 21.3 Å². The highest BCUT2D eigenvalue weighted by Gasteiger charge is 2.32. The molecule has 1 aliphatic rings. The van der Waals surface area contributed by atoms with Crippen LogP contribution in [0.4, 0.5) is 0 Å². The molecule has 0 spiro atoms. The van der Waals surface area contributed by atoms with Gasteiger partial charge in [0.2, 0.25) is 0 Å². The molecule has 0 unspecified atom stereocenters. The van der Waals surface area contributed by atoms with Gasteiger partial charge < -0.3 is 14.8 Å². The average molecular weight is 299 g/mol. The van der Waals surface area contributed by atoms with E-state index in [-0.39, 0.29) is 10.1 Å². The van der Waals surface area contributed by atoms with Crippen LogP contribution in [0, 0.1) is 6.92 Å². The highest BCUT2D eigenvalue weighted by atomic mass is 32.2.